The van der Waals surface area contributed by atoms with E-state index in [9.17, 15) is 4.55 Å². The zero-order valence-electron chi connectivity index (χ0n) is 6.08. The summed E-state index contributed by atoms with van der Waals surface area (Å²) < 4.78 is 11.7. The number of rotatable bonds is 2. The van der Waals surface area contributed by atoms with Gasteiger partial charge < -0.3 is 4.55 Å². The predicted molar refractivity (Wildman–Crippen MR) is 49.7 cm³/mol. The van der Waals surface area contributed by atoms with E-state index in [1.54, 1.807) is 18.6 Å². The third kappa shape index (κ3) is 3.22. The van der Waals surface area contributed by atoms with Gasteiger partial charge in [0.15, 0.2) is 0 Å². The van der Waals surface area contributed by atoms with Crippen LogP contribution in [-0.4, -0.2) is 15.8 Å². The molecule has 0 aliphatic carbocycles. The van der Waals surface area contributed by atoms with Crippen LogP contribution in [0, 0.1) is 0 Å². The Morgan fingerprint density at radius 2 is 2.36 bits per heavy atom. The maximum atomic E-state index is 10.8. The lowest BCUT2D eigenvalue weighted by molar-refractivity contribution is 0.600. The summed E-state index contributed by atoms with van der Waals surface area (Å²) in [6, 6.07) is 1.92. The Morgan fingerprint density at radius 3 is 2.91 bits per heavy atom. The summed E-state index contributed by atoms with van der Waals surface area (Å²) in [5, 5.41) is 0. The van der Waals surface area contributed by atoms with Gasteiger partial charge in [0.25, 0.3) is 0 Å². The molecule has 0 N–H and O–H groups in total. The van der Waals surface area contributed by atoms with Gasteiger partial charge in [-0.15, -0.1) is 0 Å². The lowest BCUT2D eigenvalue weighted by Crippen LogP contribution is -2.00. The number of nitrogens with zero attached hydrogens (tertiary/aromatic N) is 1. The van der Waals surface area contributed by atoms with Crippen LogP contribution < -0.4 is 0 Å². The molecule has 0 aliphatic rings. The second-order valence-corrected chi connectivity index (χ2v) is 4.58. The van der Waals surface area contributed by atoms with Crippen molar-refractivity contribution in [2.45, 2.75) is 5.75 Å². The van der Waals surface area contributed by atoms with Crippen molar-refractivity contribution in [3.63, 3.8) is 0 Å². The lowest BCUT2D eigenvalue weighted by Gasteiger charge is -2.03. The Bertz CT molecular complexity index is 242. The number of aromatic nitrogens is 1. The predicted octanol–water partition coefficient (Wildman–Crippen LogP) is 1.72. The minimum absolute atomic E-state index is 0.576. The second-order valence-electron chi connectivity index (χ2n) is 2.23. The molecule has 1 rings (SSSR count). The molecule has 0 amide bonds. The molecule has 0 saturated carbocycles. The fourth-order valence-electron chi connectivity index (χ4n) is 0.769. The van der Waals surface area contributed by atoms with Crippen LogP contribution in [0.5, 0.6) is 0 Å². The van der Waals surface area contributed by atoms with Gasteiger partial charge in [-0.1, -0.05) is 11.2 Å². The van der Waals surface area contributed by atoms with Gasteiger partial charge in [0.1, 0.15) is 5.75 Å². The van der Waals surface area contributed by atoms with Crippen molar-refractivity contribution in [3.05, 3.63) is 28.5 Å². The molecule has 1 aromatic heterocycles. The van der Waals surface area contributed by atoms with E-state index < -0.39 is 11.2 Å². The molecule has 1 aromatic rings. The minimum atomic E-state index is -0.786. The van der Waals surface area contributed by atoms with Gasteiger partial charge in [-0.2, -0.15) is 0 Å². The van der Waals surface area contributed by atoms with Crippen molar-refractivity contribution in [3.8, 4) is 0 Å². The van der Waals surface area contributed by atoms with Crippen LogP contribution in [0.25, 0.3) is 0 Å². The van der Waals surface area contributed by atoms with E-state index >= 15 is 0 Å². The Hall–Kier alpha value is -0.0600. The SMILES string of the molecule is C[S+]([O-])Cc1cncc(Br)c1. The van der Waals surface area contributed by atoms with E-state index in [-0.39, 0.29) is 0 Å². The van der Waals surface area contributed by atoms with Crippen molar-refractivity contribution in [2.24, 2.45) is 0 Å². The summed E-state index contributed by atoms with van der Waals surface area (Å²) in [5.41, 5.74) is 1.00. The minimum Gasteiger partial charge on any atom is -0.616 e. The highest BCUT2D eigenvalue weighted by molar-refractivity contribution is 9.10. The smallest absolute Gasteiger partial charge is 0.131 e. The molecule has 0 aromatic carbocycles. The number of halogens is 1. The summed E-state index contributed by atoms with van der Waals surface area (Å²) in [4.78, 5) is 3.96. The van der Waals surface area contributed by atoms with E-state index in [1.165, 1.54) is 0 Å². The van der Waals surface area contributed by atoms with E-state index in [4.69, 9.17) is 0 Å². The highest BCUT2D eigenvalue weighted by Crippen LogP contribution is 2.11. The topological polar surface area (TPSA) is 36.0 Å². The first-order valence-electron chi connectivity index (χ1n) is 3.08. The molecular formula is C7H8BrNOS. The summed E-state index contributed by atoms with van der Waals surface area (Å²) in [6.45, 7) is 0. The van der Waals surface area contributed by atoms with Gasteiger partial charge in [-0.05, 0) is 22.0 Å². The Balaban J connectivity index is 2.71. The van der Waals surface area contributed by atoms with Crippen LogP contribution in [0.1, 0.15) is 5.56 Å². The second kappa shape index (κ2) is 4.09. The highest BCUT2D eigenvalue weighted by atomic mass is 79.9. The molecule has 0 bridgehead atoms. The molecule has 1 atom stereocenters. The van der Waals surface area contributed by atoms with E-state index in [0.717, 1.165) is 10.0 Å². The third-order valence-corrected chi connectivity index (χ3v) is 2.30. The van der Waals surface area contributed by atoms with Gasteiger partial charge in [-0.3, -0.25) is 4.98 Å². The summed E-state index contributed by atoms with van der Waals surface area (Å²) in [6.07, 6.45) is 5.12. The molecule has 0 saturated heterocycles. The molecule has 11 heavy (non-hydrogen) atoms. The van der Waals surface area contributed by atoms with Gasteiger partial charge in [-0.25, -0.2) is 0 Å². The first-order chi connectivity index (χ1) is 5.18. The van der Waals surface area contributed by atoms with Crippen LogP contribution in [-0.2, 0) is 16.9 Å². The average molecular weight is 234 g/mol. The third-order valence-electron chi connectivity index (χ3n) is 1.13. The Labute approximate surface area is 77.3 Å². The number of pyridine rings is 1. The van der Waals surface area contributed by atoms with E-state index in [0.29, 0.717) is 5.75 Å². The van der Waals surface area contributed by atoms with Crippen molar-refractivity contribution in [1.29, 1.82) is 0 Å². The van der Waals surface area contributed by atoms with Gasteiger partial charge in [0.2, 0.25) is 0 Å². The van der Waals surface area contributed by atoms with Crippen molar-refractivity contribution in [1.82, 2.24) is 4.98 Å². The zero-order chi connectivity index (χ0) is 8.27. The highest BCUT2D eigenvalue weighted by Gasteiger charge is 2.00. The quantitative estimate of drug-likeness (QED) is 0.730. The zero-order valence-corrected chi connectivity index (χ0v) is 8.48. The maximum Gasteiger partial charge on any atom is 0.131 e. The fourth-order valence-corrected chi connectivity index (χ4v) is 1.81. The summed E-state index contributed by atoms with van der Waals surface area (Å²) >= 11 is 2.50. The molecule has 0 aliphatic heterocycles. The lowest BCUT2D eigenvalue weighted by atomic mass is 10.3. The standard InChI is InChI=1S/C7H8BrNOS/c1-11(10)5-6-2-7(8)4-9-3-6/h2-4H,5H2,1H3. The van der Waals surface area contributed by atoms with Crippen LogP contribution in [0.3, 0.4) is 0 Å². The van der Waals surface area contributed by atoms with Crippen LogP contribution in [0.15, 0.2) is 22.9 Å². The van der Waals surface area contributed by atoms with Crippen molar-refractivity contribution >= 4 is 27.1 Å². The van der Waals surface area contributed by atoms with Gasteiger partial charge in [0.05, 0.1) is 6.26 Å². The first kappa shape index (κ1) is 9.03. The van der Waals surface area contributed by atoms with Crippen LogP contribution in [0.2, 0.25) is 0 Å². The molecule has 4 heteroatoms. The van der Waals surface area contributed by atoms with Gasteiger partial charge >= 0.3 is 0 Å². The van der Waals surface area contributed by atoms with E-state index in [1.807, 2.05) is 6.07 Å². The summed E-state index contributed by atoms with van der Waals surface area (Å²) in [5.74, 6) is 0.576. The monoisotopic (exact) mass is 233 g/mol. The number of hydrogen-bond donors (Lipinski definition) is 0. The normalized spacial score (nSPS) is 13.0. The molecule has 1 unspecified atom stereocenters. The molecule has 60 valence electrons. The molecule has 0 spiro atoms. The van der Waals surface area contributed by atoms with E-state index in [2.05, 4.69) is 20.9 Å². The summed E-state index contributed by atoms with van der Waals surface area (Å²) in [7, 11) is 0. The molecule has 0 radical (unpaired) electrons. The van der Waals surface area contributed by atoms with Gasteiger partial charge in [0, 0.05) is 22.4 Å². The first-order valence-corrected chi connectivity index (χ1v) is 5.60. The largest absolute Gasteiger partial charge is 0.616 e. The van der Waals surface area contributed by atoms with Crippen molar-refractivity contribution < 1.29 is 4.55 Å². The molecular weight excluding hydrogens is 226 g/mol. The Morgan fingerprint density at radius 1 is 1.64 bits per heavy atom. The maximum absolute atomic E-state index is 10.8. The molecule has 1 heterocycles. The molecule has 0 fully saturated rings. The van der Waals surface area contributed by atoms with Crippen molar-refractivity contribution in [2.75, 3.05) is 6.26 Å². The Kier molecular flexibility index (Phi) is 3.36. The number of hydrogen-bond acceptors (Lipinski definition) is 2. The average Bonchev–Trinajstić information content (AvgIpc) is 1.85. The van der Waals surface area contributed by atoms with Crippen LogP contribution in [0.4, 0.5) is 0 Å². The fraction of sp³-hybridized carbons (Fsp3) is 0.286. The molecule has 2 nitrogen and oxygen atoms in total. The van der Waals surface area contributed by atoms with Crippen LogP contribution >= 0.6 is 15.9 Å².